The van der Waals surface area contributed by atoms with Gasteiger partial charge in [-0.2, -0.15) is 5.26 Å². The van der Waals surface area contributed by atoms with Crippen LogP contribution in [-0.2, 0) is 0 Å². The Hall–Kier alpha value is -2.87. The van der Waals surface area contributed by atoms with Crippen molar-refractivity contribution in [2.45, 2.75) is 27.7 Å². The molecule has 2 rings (SSSR count). The molecule has 25 heavy (non-hydrogen) atoms. The molecule has 0 saturated carbocycles. The van der Waals surface area contributed by atoms with E-state index in [0.717, 1.165) is 0 Å². The van der Waals surface area contributed by atoms with E-state index in [0.29, 0.717) is 11.3 Å². The maximum Gasteiger partial charge on any atom is 0.273 e. The number of halogens is 1. The summed E-state index contributed by atoms with van der Waals surface area (Å²) >= 11 is 0. The summed E-state index contributed by atoms with van der Waals surface area (Å²) in [5.41, 5.74) is 0.695. The normalized spacial score (nSPS) is 9.36. The van der Waals surface area contributed by atoms with E-state index in [2.05, 4.69) is 0 Å². The molecular weight excluding hydrogens is 317 g/mol. The van der Waals surface area contributed by atoms with E-state index < -0.39 is 5.56 Å². The zero-order chi connectivity index (χ0) is 19.4. The third kappa shape index (κ3) is 6.27. The van der Waals surface area contributed by atoms with Gasteiger partial charge in [-0.25, -0.2) is 4.39 Å². The number of hydrogen-bond acceptors (Lipinski definition) is 3. The van der Waals surface area contributed by atoms with Crippen molar-refractivity contribution < 1.29 is 4.39 Å². The minimum atomic E-state index is -0.426. The highest BCUT2D eigenvalue weighted by molar-refractivity contribution is 5.57. The Morgan fingerprint density at radius 2 is 1.64 bits per heavy atom. The lowest BCUT2D eigenvalue weighted by molar-refractivity contribution is 0.567. The summed E-state index contributed by atoms with van der Waals surface area (Å²) in [4.78, 5) is 14.2. The first-order valence-electron chi connectivity index (χ1n) is 8.29. The third-order valence-electron chi connectivity index (χ3n) is 2.89. The largest absolute Gasteiger partial charge is 0.383 e. The molecule has 1 aromatic carbocycles. The number of aromatic nitrogens is 1. The van der Waals surface area contributed by atoms with Gasteiger partial charge >= 0.3 is 0 Å². The average Bonchev–Trinajstić information content (AvgIpc) is 2.64. The van der Waals surface area contributed by atoms with Gasteiger partial charge in [-0.1, -0.05) is 27.7 Å². The van der Waals surface area contributed by atoms with Crippen molar-refractivity contribution in [3.8, 4) is 11.8 Å². The first-order valence-corrected chi connectivity index (χ1v) is 8.29. The molecule has 0 N–H and O–H groups in total. The molecule has 0 aliphatic heterocycles. The van der Waals surface area contributed by atoms with Gasteiger partial charge in [0.1, 0.15) is 17.4 Å². The predicted octanol–water partition coefficient (Wildman–Crippen LogP) is 4.43. The van der Waals surface area contributed by atoms with Crippen LogP contribution in [0.5, 0.6) is 0 Å². The van der Waals surface area contributed by atoms with E-state index in [9.17, 15) is 14.4 Å². The van der Waals surface area contributed by atoms with Crippen molar-refractivity contribution >= 4 is 6.08 Å². The molecule has 0 amide bonds. The molecular formula is C20H26FN3O. The fraction of sp³-hybridized carbons (Fsp3) is 0.300. The number of rotatable bonds is 3. The number of nitriles is 1. The van der Waals surface area contributed by atoms with Crippen LogP contribution >= 0.6 is 0 Å². The van der Waals surface area contributed by atoms with Crippen molar-refractivity contribution in [2.24, 2.45) is 0 Å². The summed E-state index contributed by atoms with van der Waals surface area (Å²) in [5.74, 6) is -0.377. The molecule has 0 atom stereocenters. The van der Waals surface area contributed by atoms with E-state index in [1.54, 1.807) is 24.5 Å². The van der Waals surface area contributed by atoms with E-state index in [4.69, 9.17) is 0 Å². The molecule has 0 aliphatic carbocycles. The van der Waals surface area contributed by atoms with Crippen molar-refractivity contribution in [2.75, 3.05) is 14.1 Å². The van der Waals surface area contributed by atoms with Crippen LogP contribution in [0, 0.1) is 17.1 Å². The quantitative estimate of drug-likeness (QED) is 0.828. The molecule has 4 nitrogen and oxygen atoms in total. The van der Waals surface area contributed by atoms with Crippen molar-refractivity contribution in [1.82, 2.24) is 9.47 Å². The summed E-state index contributed by atoms with van der Waals surface area (Å²) < 4.78 is 14.3. The minimum Gasteiger partial charge on any atom is -0.383 e. The Morgan fingerprint density at radius 3 is 2.12 bits per heavy atom. The lowest BCUT2D eigenvalue weighted by Gasteiger charge is -2.08. The summed E-state index contributed by atoms with van der Waals surface area (Å²) in [6.45, 7) is 8.00. The first-order chi connectivity index (χ1) is 12.0. The fourth-order valence-electron chi connectivity index (χ4n) is 1.84. The summed E-state index contributed by atoms with van der Waals surface area (Å²) in [5, 5.41) is 9.21. The Morgan fingerprint density at radius 1 is 1.08 bits per heavy atom. The lowest BCUT2D eigenvalue weighted by atomic mass is 10.1. The Bertz CT molecular complexity index is 769. The predicted molar refractivity (Wildman–Crippen MR) is 102 cm³/mol. The highest BCUT2D eigenvalue weighted by atomic mass is 19.1. The smallest absolute Gasteiger partial charge is 0.273 e. The van der Waals surface area contributed by atoms with Gasteiger partial charge in [0.05, 0.1) is 0 Å². The summed E-state index contributed by atoms with van der Waals surface area (Å²) in [6.07, 6.45) is 5.04. The number of nitrogens with zero attached hydrogens (tertiary/aromatic N) is 3. The molecule has 2 aromatic rings. The molecule has 0 spiro atoms. The van der Waals surface area contributed by atoms with Crippen LogP contribution < -0.4 is 5.56 Å². The summed E-state index contributed by atoms with van der Waals surface area (Å²) in [7, 11) is 3.70. The monoisotopic (exact) mass is 343 g/mol. The molecule has 0 saturated heterocycles. The second-order valence-corrected chi connectivity index (χ2v) is 4.69. The first kappa shape index (κ1) is 22.1. The Labute approximate surface area is 149 Å². The van der Waals surface area contributed by atoms with Crippen LogP contribution in [-0.4, -0.2) is 23.6 Å². The molecule has 0 aliphatic rings. The average molecular weight is 343 g/mol. The fourth-order valence-corrected chi connectivity index (χ4v) is 1.84. The number of pyridine rings is 1. The molecule has 0 unspecified atom stereocenters. The van der Waals surface area contributed by atoms with Crippen LogP contribution in [0.25, 0.3) is 11.8 Å². The molecule has 0 fully saturated rings. The van der Waals surface area contributed by atoms with Crippen molar-refractivity contribution in [1.29, 1.82) is 5.26 Å². The standard InChI is InChI=1S/C16H14FN3O.2C2H6/c1-19(2)9-7-12-8-10-20(16(21)15(12)11-18)14-5-3-13(17)4-6-14;2*1-2/h3-10H,1-2H3;2*1-2H3/b9-7+;;. The molecule has 134 valence electrons. The van der Waals surface area contributed by atoms with Gasteiger partial charge in [0.15, 0.2) is 0 Å². The molecule has 0 radical (unpaired) electrons. The van der Waals surface area contributed by atoms with E-state index in [1.165, 1.54) is 28.8 Å². The SMILES string of the molecule is CC.CC.CN(C)/C=C/c1ccn(-c2ccc(F)cc2)c(=O)c1C#N. The van der Waals surface area contributed by atoms with Gasteiger partial charge in [-0.05, 0) is 42.6 Å². The van der Waals surface area contributed by atoms with Gasteiger partial charge in [-0.15, -0.1) is 0 Å². The number of hydrogen-bond donors (Lipinski definition) is 0. The zero-order valence-corrected chi connectivity index (χ0v) is 15.7. The lowest BCUT2D eigenvalue weighted by Crippen LogP contribution is -2.21. The molecule has 1 heterocycles. The van der Waals surface area contributed by atoms with Crippen LogP contribution in [0.4, 0.5) is 4.39 Å². The van der Waals surface area contributed by atoms with Crippen LogP contribution in [0.1, 0.15) is 38.8 Å². The van der Waals surface area contributed by atoms with Crippen LogP contribution in [0.15, 0.2) is 47.5 Å². The molecule has 5 heteroatoms. The Kier molecular flexibility index (Phi) is 10.3. The van der Waals surface area contributed by atoms with Crippen molar-refractivity contribution in [3.05, 3.63) is 70.0 Å². The van der Waals surface area contributed by atoms with Crippen LogP contribution in [0.2, 0.25) is 0 Å². The maximum absolute atomic E-state index is 12.9. The van der Waals surface area contributed by atoms with Gasteiger partial charge in [0.2, 0.25) is 0 Å². The van der Waals surface area contributed by atoms with Crippen LogP contribution in [0.3, 0.4) is 0 Å². The van der Waals surface area contributed by atoms with Gasteiger partial charge in [-0.3, -0.25) is 9.36 Å². The second-order valence-electron chi connectivity index (χ2n) is 4.69. The third-order valence-corrected chi connectivity index (χ3v) is 2.89. The van der Waals surface area contributed by atoms with E-state index >= 15 is 0 Å². The zero-order valence-electron chi connectivity index (χ0n) is 15.7. The van der Waals surface area contributed by atoms with Gasteiger partial charge in [0, 0.05) is 31.5 Å². The maximum atomic E-state index is 12.9. The minimum absolute atomic E-state index is 0.0555. The van der Waals surface area contributed by atoms with E-state index in [1.807, 2.05) is 52.8 Å². The van der Waals surface area contributed by atoms with Gasteiger partial charge < -0.3 is 4.90 Å². The van der Waals surface area contributed by atoms with Gasteiger partial charge in [0.25, 0.3) is 5.56 Å². The highest BCUT2D eigenvalue weighted by Crippen LogP contribution is 2.11. The highest BCUT2D eigenvalue weighted by Gasteiger charge is 2.09. The molecule has 0 bridgehead atoms. The van der Waals surface area contributed by atoms with Crippen molar-refractivity contribution in [3.63, 3.8) is 0 Å². The molecule has 1 aromatic heterocycles. The van der Waals surface area contributed by atoms with E-state index in [-0.39, 0.29) is 11.4 Å². The summed E-state index contributed by atoms with van der Waals surface area (Å²) in [6, 6.07) is 9.15. The second kappa shape index (κ2) is 11.6. The Balaban J connectivity index is 0.00000134. The number of benzene rings is 1. The topological polar surface area (TPSA) is 49.0 Å².